The highest BCUT2D eigenvalue weighted by Crippen LogP contribution is 2.30. The first-order valence-corrected chi connectivity index (χ1v) is 7.97. The van der Waals surface area contributed by atoms with Crippen molar-refractivity contribution in [1.29, 1.82) is 5.26 Å². The smallest absolute Gasteiger partial charge is 0.259 e. The van der Waals surface area contributed by atoms with E-state index in [2.05, 4.69) is 16.0 Å². The van der Waals surface area contributed by atoms with Gasteiger partial charge in [-0.2, -0.15) is 5.26 Å². The monoisotopic (exact) mass is 367 g/mol. The van der Waals surface area contributed by atoms with Gasteiger partial charge in [-0.25, -0.2) is 4.98 Å². The summed E-state index contributed by atoms with van der Waals surface area (Å²) in [6, 6.07) is 12.2. The van der Waals surface area contributed by atoms with Gasteiger partial charge < -0.3 is 14.5 Å². The van der Waals surface area contributed by atoms with Crippen LogP contribution in [-0.4, -0.2) is 24.2 Å². The van der Waals surface area contributed by atoms with Gasteiger partial charge in [0, 0.05) is 6.07 Å². The maximum Gasteiger partial charge on any atom is 0.259 e. The van der Waals surface area contributed by atoms with E-state index in [1.165, 1.54) is 14.2 Å². The molecule has 0 unspecified atom stereocenters. The van der Waals surface area contributed by atoms with E-state index in [9.17, 15) is 4.79 Å². The molecule has 0 aliphatic rings. The first-order chi connectivity index (χ1) is 12.5. The van der Waals surface area contributed by atoms with Crippen molar-refractivity contribution in [3.05, 3.63) is 63.7 Å². The molecule has 130 valence electrons. The normalized spacial score (nSPS) is 11.2. The molecule has 26 heavy (non-hydrogen) atoms. The van der Waals surface area contributed by atoms with E-state index >= 15 is 0 Å². The van der Waals surface area contributed by atoms with E-state index in [1.807, 2.05) is 0 Å². The molecule has 1 heterocycles. The average Bonchev–Trinajstić information content (AvgIpc) is 2.66. The minimum absolute atomic E-state index is 0.221. The molecule has 6 nitrogen and oxygen atoms in total. The Balaban J connectivity index is 2.11. The number of rotatable bonds is 4. The number of halogens is 1. The molecule has 3 rings (SSSR count). The predicted molar refractivity (Wildman–Crippen MR) is 100 cm³/mol. The minimum atomic E-state index is -0.344. The minimum Gasteiger partial charge on any atom is -0.493 e. The molecular weight excluding hydrogens is 354 g/mol. The Morgan fingerprint density at radius 3 is 2.65 bits per heavy atom. The second-order valence-corrected chi connectivity index (χ2v) is 5.78. The van der Waals surface area contributed by atoms with Crippen molar-refractivity contribution in [3.63, 3.8) is 0 Å². The summed E-state index contributed by atoms with van der Waals surface area (Å²) >= 11 is 6.33. The molecule has 1 aromatic heterocycles. The van der Waals surface area contributed by atoms with Crippen molar-refractivity contribution in [3.8, 4) is 17.6 Å². The van der Waals surface area contributed by atoms with Gasteiger partial charge >= 0.3 is 0 Å². The molecule has 0 bridgehead atoms. The molecule has 7 heteroatoms. The largest absolute Gasteiger partial charge is 0.493 e. The number of hydrogen-bond donors (Lipinski definition) is 1. The lowest BCUT2D eigenvalue weighted by molar-refractivity contribution is 0.355. The van der Waals surface area contributed by atoms with Crippen LogP contribution in [0.15, 0.2) is 41.2 Å². The molecule has 0 radical (unpaired) electrons. The standard InChI is InChI=1S/C19H14ClN3O3/c1-25-16-8-13-15(9-17(16)26-2)22-18(23-19(13)24)14(20)7-11-4-3-5-12(6-11)10-21/h3-9H,1-2H3,(H,22,23,24)/b14-7-. The Morgan fingerprint density at radius 1 is 1.23 bits per heavy atom. The lowest BCUT2D eigenvalue weighted by Crippen LogP contribution is -2.11. The Labute approximate surface area is 154 Å². The highest BCUT2D eigenvalue weighted by molar-refractivity contribution is 6.50. The second kappa shape index (κ2) is 7.30. The van der Waals surface area contributed by atoms with Crippen molar-refractivity contribution in [1.82, 2.24) is 9.97 Å². The number of hydrogen-bond acceptors (Lipinski definition) is 5. The number of ether oxygens (including phenoxy) is 2. The van der Waals surface area contributed by atoms with Gasteiger partial charge in [-0.1, -0.05) is 23.7 Å². The molecule has 0 saturated heterocycles. The van der Waals surface area contributed by atoms with Gasteiger partial charge in [0.15, 0.2) is 17.3 Å². The van der Waals surface area contributed by atoms with E-state index in [4.69, 9.17) is 26.3 Å². The fraction of sp³-hybridized carbons (Fsp3) is 0.105. The number of H-pyrrole nitrogens is 1. The van der Waals surface area contributed by atoms with Crippen LogP contribution < -0.4 is 15.0 Å². The van der Waals surface area contributed by atoms with Crippen molar-refractivity contribution < 1.29 is 9.47 Å². The molecule has 2 aromatic carbocycles. The summed E-state index contributed by atoms with van der Waals surface area (Å²) in [5, 5.41) is 9.58. The number of aromatic nitrogens is 2. The third-order valence-corrected chi connectivity index (χ3v) is 4.03. The first-order valence-electron chi connectivity index (χ1n) is 7.59. The predicted octanol–water partition coefficient (Wildman–Crippen LogP) is 3.55. The van der Waals surface area contributed by atoms with Gasteiger partial charge in [0.1, 0.15) is 0 Å². The molecule has 0 aliphatic carbocycles. The van der Waals surface area contributed by atoms with Crippen LogP contribution in [0, 0.1) is 11.3 Å². The van der Waals surface area contributed by atoms with Gasteiger partial charge in [0.25, 0.3) is 5.56 Å². The Morgan fingerprint density at radius 2 is 1.96 bits per heavy atom. The third kappa shape index (κ3) is 3.39. The van der Waals surface area contributed by atoms with Crippen molar-refractivity contribution in [2.45, 2.75) is 0 Å². The van der Waals surface area contributed by atoms with Crippen LogP contribution in [0.3, 0.4) is 0 Å². The number of fused-ring (bicyclic) bond motifs is 1. The molecule has 1 N–H and O–H groups in total. The van der Waals surface area contributed by atoms with Crippen LogP contribution in [0.5, 0.6) is 11.5 Å². The van der Waals surface area contributed by atoms with E-state index in [0.717, 1.165) is 5.56 Å². The maximum atomic E-state index is 12.4. The van der Waals surface area contributed by atoms with Gasteiger partial charge in [0.05, 0.1) is 41.8 Å². The van der Waals surface area contributed by atoms with Crippen LogP contribution in [0.4, 0.5) is 0 Å². The summed E-state index contributed by atoms with van der Waals surface area (Å²) in [6.45, 7) is 0. The van der Waals surface area contributed by atoms with Crippen LogP contribution >= 0.6 is 11.6 Å². The van der Waals surface area contributed by atoms with Crippen LogP contribution in [-0.2, 0) is 0 Å². The SMILES string of the molecule is COc1cc2nc(/C(Cl)=C/c3cccc(C#N)c3)[nH]c(=O)c2cc1OC. The van der Waals surface area contributed by atoms with Gasteiger partial charge in [-0.15, -0.1) is 0 Å². The van der Waals surface area contributed by atoms with Gasteiger partial charge in [-0.05, 0) is 29.8 Å². The van der Waals surface area contributed by atoms with E-state index in [1.54, 1.807) is 42.5 Å². The molecule has 0 aliphatic heterocycles. The number of nitrogens with one attached hydrogen (secondary N) is 1. The number of nitrogens with zero attached hydrogens (tertiary/aromatic N) is 2. The lowest BCUT2D eigenvalue weighted by atomic mass is 10.1. The molecule has 0 spiro atoms. The third-order valence-electron chi connectivity index (χ3n) is 3.75. The number of nitriles is 1. The summed E-state index contributed by atoms with van der Waals surface area (Å²) in [5.41, 5.74) is 1.33. The fourth-order valence-electron chi connectivity index (χ4n) is 2.49. The zero-order valence-electron chi connectivity index (χ0n) is 14.0. The first kappa shape index (κ1) is 17.5. The zero-order valence-corrected chi connectivity index (χ0v) is 14.8. The van der Waals surface area contributed by atoms with Crippen molar-refractivity contribution >= 4 is 33.6 Å². The Bertz CT molecular complexity index is 1110. The van der Waals surface area contributed by atoms with E-state index in [-0.39, 0.29) is 16.4 Å². The van der Waals surface area contributed by atoms with Gasteiger partial charge in [0.2, 0.25) is 0 Å². The molecule has 0 amide bonds. The summed E-state index contributed by atoms with van der Waals surface area (Å²) < 4.78 is 10.5. The molecule has 3 aromatic rings. The Hall–Kier alpha value is -3.30. The molecule has 0 fully saturated rings. The Kier molecular flexibility index (Phi) is 4.92. The van der Waals surface area contributed by atoms with Gasteiger partial charge in [-0.3, -0.25) is 4.79 Å². The second-order valence-electron chi connectivity index (χ2n) is 5.37. The summed E-state index contributed by atoms with van der Waals surface area (Å²) in [5.74, 6) is 1.12. The van der Waals surface area contributed by atoms with E-state index < -0.39 is 0 Å². The van der Waals surface area contributed by atoms with E-state index in [0.29, 0.717) is 28.0 Å². The van der Waals surface area contributed by atoms with Crippen molar-refractivity contribution in [2.24, 2.45) is 0 Å². The molecule has 0 saturated carbocycles. The number of methoxy groups -OCH3 is 2. The average molecular weight is 368 g/mol. The zero-order chi connectivity index (χ0) is 18.7. The summed E-state index contributed by atoms with van der Waals surface area (Å²) in [6.07, 6.45) is 1.63. The highest BCUT2D eigenvalue weighted by Gasteiger charge is 2.12. The van der Waals surface area contributed by atoms with Crippen molar-refractivity contribution in [2.75, 3.05) is 14.2 Å². The fourth-order valence-corrected chi connectivity index (χ4v) is 2.71. The molecule has 0 atom stereocenters. The number of benzene rings is 2. The van der Waals surface area contributed by atoms with Crippen LogP contribution in [0.2, 0.25) is 0 Å². The molecular formula is C19H14ClN3O3. The maximum absolute atomic E-state index is 12.4. The lowest BCUT2D eigenvalue weighted by Gasteiger charge is -2.09. The quantitative estimate of drug-likeness (QED) is 0.761. The topological polar surface area (TPSA) is 88.0 Å². The summed E-state index contributed by atoms with van der Waals surface area (Å²) in [4.78, 5) is 19.5. The van der Waals surface area contributed by atoms with Crippen LogP contribution in [0.25, 0.3) is 22.0 Å². The summed E-state index contributed by atoms with van der Waals surface area (Å²) in [7, 11) is 3.00. The number of aromatic amines is 1. The van der Waals surface area contributed by atoms with Crippen LogP contribution in [0.1, 0.15) is 17.0 Å². The highest BCUT2D eigenvalue weighted by atomic mass is 35.5.